The van der Waals surface area contributed by atoms with Gasteiger partial charge in [-0.1, -0.05) is 18.2 Å². The van der Waals surface area contributed by atoms with Crippen LogP contribution in [0, 0.1) is 5.39 Å². The molecule has 0 saturated carbocycles. The predicted octanol–water partition coefficient (Wildman–Crippen LogP) is 0.791. The number of diazo groups is 1. The summed E-state index contributed by atoms with van der Waals surface area (Å²) in [7, 11) is 0. The lowest BCUT2D eigenvalue weighted by molar-refractivity contribution is -0.277. The second-order valence-corrected chi connectivity index (χ2v) is 3.01. The van der Waals surface area contributed by atoms with E-state index in [1.165, 1.54) is 0 Å². The molecule has 0 saturated heterocycles. The van der Waals surface area contributed by atoms with E-state index in [4.69, 9.17) is 5.39 Å². The summed E-state index contributed by atoms with van der Waals surface area (Å²) >= 11 is 0. The van der Waals surface area contributed by atoms with Gasteiger partial charge >= 0.3 is 5.69 Å². The molecule has 0 fully saturated rings. The van der Waals surface area contributed by atoms with Crippen molar-refractivity contribution in [3.8, 4) is 11.6 Å². The van der Waals surface area contributed by atoms with Gasteiger partial charge in [0.05, 0.1) is 11.6 Å². The lowest BCUT2D eigenvalue weighted by atomic mass is 10.3. The summed E-state index contributed by atoms with van der Waals surface area (Å²) in [6.07, 6.45) is 0.934. The van der Waals surface area contributed by atoms with Crippen LogP contribution in [0.1, 0.15) is 0 Å². The number of hydrogen-bond donors (Lipinski definition) is 0. The van der Waals surface area contributed by atoms with E-state index in [0.717, 1.165) is 10.9 Å². The van der Waals surface area contributed by atoms with Crippen molar-refractivity contribution >= 4 is 5.69 Å². The van der Waals surface area contributed by atoms with Crippen molar-refractivity contribution < 1.29 is 5.11 Å². The minimum atomic E-state index is -0.749. The minimum Gasteiger partial charge on any atom is -0.853 e. The van der Waals surface area contributed by atoms with Gasteiger partial charge in [-0.05, 0) is 12.1 Å². The third-order valence-electron chi connectivity index (χ3n) is 2.02. The number of aromatic nitrogens is 2. The number of benzene rings is 1. The van der Waals surface area contributed by atoms with E-state index in [1.54, 1.807) is 30.3 Å². The Hall–Kier alpha value is -2.68. The molecule has 0 aliphatic rings. The van der Waals surface area contributed by atoms with Gasteiger partial charge in [0, 0.05) is 0 Å². The molecule has 1 aromatic carbocycles. The predicted molar refractivity (Wildman–Crippen MR) is 54.0 cm³/mol. The van der Waals surface area contributed by atoms with Crippen molar-refractivity contribution in [3.05, 3.63) is 51.7 Å². The van der Waals surface area contributed by atoms with Crippen molar-refractivity contribution in [2.24, 2.45) is 0 Å². The van der Waals surface area contributed by atoms with Crippen LogP contribution in [0.15, 0.2) is 41.3 Å². The molecular weight excluding hydrogens is 208 g/mol. The molecule has 16 heavy (non-hydrogen) atoms. The molecule has 0 aliphatic heterocycles. The first-order chi connectivity index (χ1) is 7.74. The molecule has 2 rings (SSSR count). The fourth-order valence-corrected chi connectivity index (χ4v) is 1.27. The molecule has 0 N–H and O–H groups in total. The first-order valence-corrected chi connectivity index (χ1v) is 4.44. The van der Waals surface area contributed by atoms with Gasteiger partial charge in [0.1, 0.15) is 6.20 Å². The van der Waals surface area contributed by atoms with E-state index in [2.05, 4.69) is 10.1 Å². The molecule has 0 atom stereocenters. The third-order valence-corrected chi connectivity index (χ3v) is 2.02. The molecule has 78 valence electrons. The number of para-hydroxylation sites is 1. The Kier molecular flexibility index (Phi) is 2.36. The second-order valence-electron chi connectivity index (χ2n) is 3.01. The van der Waals surface area contributed by atoms with E-state index in [1.807, 2.05) is 0 Å². The Labute approximate surface area is 90.0 Å². The summed E-state index contributed by atoms with van der Waals surface area (Å²) < 4.78 is 0.996. The number of hydrogen-bond acceptors (Lipinski definition) is 4. The second kappa shape index (κ2) is 3.82. The molecule has 0 amide bonds. The SMILES string of the molecule is N#[N+]c1c([O-])n(-c2ccccc2)ncc1=O. The Morgan fingerprint density at radius 1 is 1.31 bits per heavy atom. The van der Waals surface area contributed by atoms with Crippen molar-refractivity contribution in [2.45, 2.75) is 0 Å². The molecule has 0 spiro atoms. The Balaban J connectivity index is 2.70. The quantitative estimate of drug-likeness (QED) is 0.656. The Morgan fingerprint density at radius 2 is 2.00 bits per heavy atom. The lowest BCUT2D eigenvalue weighted by Crippen LogP contribution is -2.14. The molecular formula is C10H6N4O2. The highest BCUT2D eigenvalue weighted by atomic mass is 16.3. The normalized spacial score (nSPS) is 9.69. The van der Waals surface area contributed by atoms with Gasteiger partial charge in [-0.15, -0.1) is 0 Å². The molecule has 2 aromatic rings. The maximum atomic E-state index is 11.7. The zero-order valence-corrected chi connectivity index (χ0v) is 8.07. The molecule has 1 aromatic heterocycles. The highest BCUT2D eigenvalue weighted by Crippen LogP contribution is 2.20. The van der Waals surface area contributed by atoms with Gasteiger partial charge in [0.25, 0.3) is 5.43 Å². The van der Waals surface area contributed by atoms with E-state index in [-0.39, 0.29) is 0 Å². The number of nitrogens with zero attached hydrogens (tertiary/aromatic N) is 4. The minimum absolute atomic E-state index is 0.498. The fraction of sp³-hybridized carbons (Fsp3) is 0. The van der Waals surface area contributed by atoms with Crippen LogP contribution in [0.3, 0.4) is 0 Å². The monoisotopic (exact) mass is 214 g/mol. The Morgan fingerprint density at radius 3 is 2.62 bits per heavy atom. The van der Waals surface area contributed by atoms with Crippen LogP contribution in [0.2, 0.25) is 0 Å². The van der Waals surface area contributed by atoms with Crippen LogP contribution in [0.4, 0.5) is 5.69 Å². The average molecular weight is 214 g/mol. The van der Waals surface area contributed by atoms with Crippen LogP contribution in [-0.2, 0) is 0 Å². The summed E-state index contributed by atoms with van der Waals surface area (Å²) in [5.41, 5.74) is -0.754. The van der Waals surface area contributed by atoms with Crippen molar-refractivity contribution in [3.63, 3.8) is 0 Å². The highest BCUT2D eigenvalue weighted by molar-refractivity contribution is 5.53. The molecule has 6 nitrogen and oxygen atoms in total. The van der Waals surface area contributed by atoms with Crippen LogP contribution in [0.5, 0.6) is 5.88 Å². The summed E-state index contributed by atoms with van der Waals surface area (Å²) in [4.78, 5) is 13.8. The van der Waals surface area contributed by atoms with Gasteiger partial charge in [0.2, 0.25) is 5.39 Å². The third kappa shape index (κ3) is 1.50. The van der Waals surface area contributed by atoms with Crippen LogP contribution in [0.25, 0.3) is 10.7 Å². The zero-order valence-electron chi connectivity index (χ0n) is 8.07. The van der Waals surface area contributed by atoms with Gasteiger partial charge in [-0.25, -0.2) is 4.68 Å². The van der Waals surface area contributed by atoms with Crippen molar-refractivity contribution in [2.75, 3.05) is 0 Å². The molecule has 0 bridgehead atoms. The van der Waals surface area contributed by atoms with Gasteiger partial charge in [-0.2, -0.15) is 5.10 Å². The highest BCUT2D eigenvalue weighted by Gasteiger charge is 2.16. The molecule has 6 heteroatoms. The standard InChI is InChI=1S/C10H6N4O2/c11-13-9-8(15)6-12-14(10(9)16)7-4-2-1-3-5-7/h1-6H. The molecule has 0 unspecified atom stereocenters. The van der Waals surface area contributed by atoms with Crippen LogP contribution in [-0.4, -0.2) is 9.78 Å². The maximum Gasteiger partial charge on any atom is 0.444 e. The van der Waals surface area contributed by atoms with Crippen LogP contribution < -0.4 is 10.5 Å². The van der Waals surface area contributed by atoms with E-state index >= 15 is 0 Å². The van der Waals surface area contributed by atoms with Crippen molar-refractivity contribution in [1.29, 1.82) is 5.39 Å². The zero-order chi connectivity index (χ0) is 11.5. The summed E-state index contributed by atoms with van der Waals surface area (Å²) in [5, 5.41) is 23.9. The van der Waals surface area contributed by atoms with E-state index in [0.29, 0.717) is 5.69 Å². The van der Waals surface area contributed by atoms with Crippen molar-refractivity contribution in [1.82, 2.24) is 9.78 Å². The largest absolute Gasteiger partial charge is 0.853 e. The first-order valence-electron chi connectivity index (χ1n) is 4.44. The van der Waals surface area contributed by atoms with E-state index < -0.39 is 17.0 Å². The summed E-state index contributed by atoms with van der Waals surface area (Å²) in [6.45, 7) is 0. The first kappa shape index (κ1) is 9.86. The smallest absolute Gasteiger partial charge is 0.444 e. The average Bonchev–Trinajstić information content (AvgIpc) is 2.31. The molecule has 0 radical (unpaired) electrons. The van der Waals surface area contributed by atoms with Crippen LogP contribution >= 0.6 is 0 Å². The van der Waals surface area contributed by atoms with E-state index in [9.17, 15) is 9.90 Å². The summed E-state index contributed by atoms with van der Waals surface area (Å²) in [5.74, 6) is -0.749. The Bertz CT molecular complexity index is 613. The topological polar surface area (TPSA) is 86.1 Å². The fourth-order valence-electron chi connectivity index (χ4n) is 1.27. The van der Waals surface area contributed by atoms with Gasteiger partial charge in [0.15, 0.2) is 4.98 Å². The number of rotatable bonds is 1. The van der Waals surface area contributed by atoms with Gasteiger partial charge < -0.3 is 5.11 Å². The lowest BCUT2D eigenvalue weighted by Gasteiger charge is -2.11. The molecule has 0 aliphatic carbocycles. The summed E-state index contributed by atoms with van der Waals surface area (Å²) in [6, 6.07) is 8.54. The maximum absolute atomic E-state index is 11.7. The molecule has 1 heterocycles. The van der Waals surface area contributed by atoms with Gasteiger partial charge in [-0.3, -0.25) is 4.79 Å².